The summed E-state index contributed by atoms with van der Waals surface area (Å²) < 4.78 is 24.1. The number of benzene rings is 3. The summed E-state index contributed by atoms with van der Waals surface area (Å²) in [5.74, 6) is -0.537. The molecule has 4 aromatic rings. The average molecular weight is 425 g/mol. The van der Waals surface area contributed by atoms with Crippen LogP contribution >= 0.6 is 0 Å². The summed E-state index contributed by atoms with van der Waals surface area (Å²) in [5.41, 5.74) is 8.62. The molecule has 0 aliphatic carbocycles. The van der Waals surface area contributed by atoms with Gasteiger partial charge in [-0.15, -0.1) is 0 Å². The van der Waals surface area contributed by atoms with Crippen molar-refractivity contribution in [3.63, 3.8) is 0 Å². The standard InChI is InChI=1S/C20H15N3O6S/c1-2-30(28,29)8-7-23-19(26)13-14(20(23)27)16(22)12-11(15(13)21)17(24)9-5-3-4-6-10(9)18(12)25/h2-6H,1,7-8,21-22H2. The molecule has 0 atom stereocenters. The lowest BCUT2D eigenvalue weighted by Gasteiger charge is -2.07. The Morgan fingerprint density at radius 3 is 1.67 bits per heavy atom. The van der Waals surface area contributed by atoms with Crippen molar-refractivity contribution in [1.82, 2.24) is 4.57 Å². The first kappa shape index (κ1) is 19.5. The molecule has 0 bridgehead atoms. The van der Waals surface area contributed by atoms with Gasteiger partial charge in [0.1, 0.15) is 0 Å². The highest BCUT2D eigenvalue weighted by Gasteiger charge is 2.25. The maximum atomic E-state index is 13.0. The molecule has 30 heavy (non-hydrogen) atoms. The minimum atomic E-state index is -3.68. The molecule has 0 saturated carbocycles. The smallest absolute Gasteiger partial charge is 0.263 e. The van der Waals surface area contributed by atoms with Crippen LogP contribution in [0.25, 0.3) is 32.3 Å². The quantitative estimate of drug-likeness (QED) is 0.262. The number of fused-ring (bicyclic) bond motifs is 3. The summed E-state index contributed by atoms with van der Waals surface area (Å²) in [5, 5.41) is -0.0892. The molecule has 0 aliphatic heterocycles. The number of nitrogens with two attached hydrogens (primary N) is 2. The molecule has 1 aromatic heterocycles. The molecule has 0 aliphatic rings. The van der Waals surface area contributed by atoms with E-state index in [2.05, 4.69) is 6.58 Å². The van der Waals surface area contributed by atoms with Crippen LogP contribution in [0.15, 0.2) is 55.4 Å². The third kappa shape index (κ3) is 2.50. The predicted octanol–water partition coefficient (Wildman–Crippen LogP) is -0.0132. The van der Waals surface area contributed by atoms with E-state index in [4.69, 9.17) is 11.5 Å². The van der Waals surface area contributed by atoms with Gasteiger partial charge in [-0.05, 0) is 0 Å². The van der Waals surface area contributed by atoms with Crippen LogP contribution in [-0.2, 0) is 16.4 Å². The summed E-state index contributed by atoms with van der Waals surface area (Å²) in [6.45, 7) is 2.73. The molecule has 0 unspecified atom stereocenters. The molecule has 4 N–H and O–H groups in total. The Bertz CT molecular complexity index is 1620. The number of hydrogen-bond acceptors (Lipinski definition) is 8. The lowest BCUT2D eigenvalue weighted by atomic mass is 9.97. The molecular formula is C20H15N3O6S. The van der Waals surface area contributed by atoms with Gasteiger partial charge < -0.3 is 11.5 Å². The number of nitrogen functional groups attached to an aromatic ring is 2. The second-order valence-corrected chi connectivity index (χ2v) is 8.89. The number of nitrogens with zero attached hydrogens (tertiary/aromatic N) is 1. The predicted molar refractivity (Wildman–Crippen MR) is 117 cm³/mol. The van der Waals surface area contributed by atoms with Gasteiger partial charge in [0.2, 0.25) is 0 Å². The van der Waals surface area contributed by atoms with E-state index in [9.17, 15) is 27.6 Å². The highest BCUT2D eigenvalue weighted by atomic mass is 32.2. The van der Waals surface area contributed by atoms with Gasteiger partial charge in [-0.1, -0.05) is 30.8 Å². The van der Waals surface area contributed by atoms with E-state index < -0.39 is 44.1 Å². The Morgan fingerprint density at radius 2 is 1.27 bits per heavy atom. The Hall–Kier alpha value is -3.79. The maximum Gasteiger partial charge on any atom is 0.263 e. The Labute approximate surface area is 168 Å². The average Bonchev–Trinajstić information content (AvgIpc) is 2.98. The monoisotopic (exact) mass is 425 g/mol. The van der Waals surface area contributed by atoms with Crippen LogP contribution in [0.3, 0.4) is 0 Å². The van der Waals surface area contributed by atoms with E-state index in [0.29, 0.717) is 4.57 Å². The first-order chi connectivity index (χ1) is 14.1. The van der Waals surface area contributed by atoms with Gasteiger partial charge in [0.25, 0.3) is 11.1 Å². The minimum Gasteiger partial charge on any atom is -0.397 e. The fourth-order valence-corrected chi connectivity index (χ4v) is 4.32. The maximum absolute atomic E-state index is 13.0. The van der Waals surface area contributed by atoms with E-state index in [1.165, 1.54) is 12.1 Å². The van der Waals surface area contributed by atoms with Crippen LogP contribution in [0.4, 0.5) is 11.4 Å². The van der Waals surface area contributed by atoms with Crippen LogP contribution < -0.4 is 33.4 Å². The molecule has 152 valence electrons. The van der Waals surface area contributed by atoms with E-state index in [1.807, 2.05) is 0 Å². The first-order valence-corrected chi connectivity index (χ1v) is 10.5. The largest absolute Gasteiger partial charge is 0.397 e. The van der Waals surface area contributed by atoms with Crippen molar-refractivity contribution in [2.75, 3.05) is 17.2 Å². The number of rotatable bonds is 4. The van der Waals surface area contributed by atoms with Crippen molar-refractivity contribution in [3.8, 4) is 0 Å². The minimum absolute atomic E-state index is 0.117. The van der Waals surface area contributed by atoms with E-state index in [1.54, 1.807) is 12.1 Å². The van der Waals surface area contributed by atoms with Gasteiger partial charge in [-0.25, -0.2) is 8.42 Å². The summed E-state index contributed by atoms with van der Waals surface area (Å²) in [6, 6.07) is 6.08. The normalized spacial score (nSPS) is 12.1. The Morgan fingerprint density at radius 1 is 0.833 bits per heavy atom. The molecule has 3 aromatic carbocycles. The number of hydrogen-bond donors (Lipinski definition) is 2. The topological polar surface area (TPSA) is 159 Å². The van der Waals surface area contributed by atoms with Crippen molar-refractivity contribution >= 4 is 53.5 Å². The van der Waals surface area contributed by atoms with Crippen molar-refractivity contribution < 1.29 is 8.42 Å². The molecule has 9 nitrogen and oxygen atoms in total. The number of anilines is 2. The fraction of sp³-hybridized carbons (Fsp3) is 0.100. The zero-order valence-electron chi connectivity index (χ0n) is 15.5. The SMILES string of the molecule is C=CS(=O)(=O)CCn1c(=O)c2c(N)c3c(=O)c4ccccc4c(=O)c3c(N)c2c1=O. The second kappa shape index (κ2) is 6.36. The second-order valence-electron chi connectivity index (χ2n) is 6.83. The fourth-order valence-electron chi connectivity index (χ4n) is 3.72. The van der Waals surface area contributed by atoms with Gasteiger partial charge in [-0.3, -0.25) is 23.7 Å². The number of sulfone groups is 1. The third-order valence-corrected chi connectivity index (χ3v) is 6.48. The molecule has 10 heteroatoms. The van der Waals surface area contributed by atoms with Crippen LogP contribution in [0.2, 0.25) is 0 Å². The van der Waals surface area contributed by atoms with Crippen molar-refractivity contribution in [1.29, 1.82) is 0 Å². The van der Waals surface area contributed by atoms with Crippen LogP contribution in [-0.4, -0.2) is 18.7 Å². The van der Waals surface area contributed by atoms with Gasteiger partial charge in [-0.2, -0.15) is 0 Å². The van der Waals surface area contributed by atoms with Gasteiger partial charge >= 0.3 is 0 Å². The van der Waals surface area contributed by atoms with Crippen molar-refractivity contribution in [2.24, 2.45) is 0 Å². The highest BCUT2D eigenvalue weighted by molar-refractivity contribution is 7.94. The van der Waals surface area contributed by atoms with Crippen LogP contribution in [0.5, 0.6) is 0 Å². The van der Waals surface area contributed by atoms with Gasteiger partial charge in [0.05, 0.1) is 38.7 Å². The summed E-state index contributed by atoms with van der Waals surface area (Å²) in [4.78, 5) is 51.7. The number of aromatic nitrogens is 1. The lowest BCUT2D eigenvalue weighted by Crippen LogP contribution is -2.28. The first-order valence-electron chi connectivity index (χ1n) is 8.75. The summed E-state index contributed by atoms with van der Waals surface area (Å²) in [7, 11) is -3.68. The Kier molecular flexibility index (Phi) is 4.14. The van der Waals surface area contributed by atoms with Gasteiger partial charge in [0, 0.05) is 22.7 Å². The van der Waals surface area contributed by atoms with Crippen LogP contribution in [0, 0.1) is 0 Å². The van der Waals surface area contributed by atoms with E-state index in [-0.39, 0.29) is 43.7 Å². The third-order valence-electron chi connectivity index (χ3n) is 5.22. The lowest BCUT2D eigenvalue weighted by molar-refractivity contribution is 0.595. The molecule has 0 fully saturated rings. The van der Waals surface area contributed by atoms with E-state index >= 15 is 0 Å². The summed E-state index contributed by atoms with van der Waals surface area (Å²) in [6.07, 6.45) is 0. The molecule has 4 rings (SSSR count). The van der Waals surface area contributed by atoms with E-state index in [0.717, 1.165) is 5.41 Å². The molecule has 0 spiro atoms. The Balaban J connectivity index is 2.21. The molecule has 0 radical (unpaired) electrons. The molecule has 1 heterocycles. The zero-order valence-corrected chi connectivity index (χ0v) is 16.3. The van der Waals surface area contributed by atoms with Crippen molar-refractivity contribution in [3.05, 3.63) is 77.4 Å². The molecule has 0 amide bonds. The molecular weight excluding hydrogens is 410 g/mol. The van der Waals surface area contributed by atoms with Crippen LogP contribution in [0.1, 0.15) is 0 Å². The highest BCUT2D eigenvalue weighted by Crippen LogP contribution is 2.31. The summed E-state index contributed by atoms with van der Waals surface area (Å²) >= 11 is 0. The zero-order chi connectivity index (χ0) is 22.0. The van der Waals surface area contributed by atoms with Gasteiger partial charge in [0.15, 0.2) is 20.7 Å². The van der Waals surface area contributed by atoms with Crippen molar-refractivity contribution in [2.45, 2.75) is 6.54 Å². The molecule has 0 saturated heterocycles.